The third-order valence-corrected chi connectivity index (χ3v) is 7.99. The summed E-state index contributed by atoms with van der Waals surface area (Å²) in [6.07, 6.45) is 0.472. The van der Waals surface area contributed by atoms with Crippen molar-refractivity contribution in [1.82, 2.24) is 10.2 Å². The SMILES string of the molecule is CCOc1ccc(N(CC(=O)N(CCc2ccccc2)[C@@H](C)C(=O)NC(C)C)S(=O)(=O)c2ccc(F)cc2)cc1. The third kappa shape index (κ3) is 8.05. The van der Waals surface area contributed by atoms with E-state index in [2.05, 4.69) is 5.32 Å². The standard InChI is InChI=1S/C30H36FN3O5S/c1-5-39-27-15-13-26(14-16-27)34(40(37,38)28-17-11-25(31)12-18-28)21-29(35)33(23(4)30(36)32-22(2)3)20-19-24-9-7-6-8-10-24/h6-18,22-23H,5,19-21H2,1-4H3,(H,32,36)/t23-/m0/s1. The van der Waals surface area contributed by atoms with Gasteiger partial charge in [0, 0.05) is 12.6 Å². The summed E-state index contributed by atoms with van der Waals surface area (Å²) in [4.78, 5) is 28.0. The summed E-state index contributed by atoms with van der Waals surface area (Å²) in [6.45, 7) is 7.16. The molecule has 1 atom stereocenters. The monoisotopic (exact) mass is 569 g/mol. The Kier molecular flexibility index (Phi) is 10.7. The molecule has 0 bridgehead atoms. The van der Waals surface area contributed by atoms with Crippen LogP contribution >= 0.6 is 0 Å². The molecule has 0 unspecified atom stereocenters. The van der Waals surface area contributed by atoms with Crippen molar-refractivity contribution in [2.45, 2.75) is 51.1 Å². The molecule has 40 heavy (non-hydrogen) atoms. The van der Waals surface area contributed by atoms with Gasteiger partial charge in [-0.15, -0.1) is 0 Å². The Morgan fingerprint density at radius 2 is 1.55 bits per heavy atom. The van der Waals surface area contributed by atoms with Gasteiger partial charge < -0.3 is 15.0 Å². The van der Waals surface area contributed by atoms with E-state index in [9.17, 15) is 22.4 Å². The average Bonchev–Trinajstić information content (AvgIpc) is 2.93. The fraction of sp³-hybridized carbons (Fsp3) is 0.333. The van der Waals surface area contributed by atoms with Gasteiger partial charge in [-0.05, 0) is 88.2 Å². The second kappa shape index (κ2) is 13.9. The van der Waals surface area contributed by atoms with Crippen molar-refractivity contribution >= 4 is 27.5 Å². The molecule has 2 amide bonds. The lowest BCUT2D eigenvalue weighted by Crippen LogP contribution is -2.53. The summed E-state index contributed by atoms with van der Waals surface area (Å²) in [5, 5.41) is 2.83. The summed E-state index contributed by atoms with van der Waals surface area (Å²) in [5.74, 6) is -0.938. The second-order valence-corrected chi connectivity index (χ2v) is 11.4. The number of hydrogen-bond acceptors (Lipinski definition) is 5. The number of nitrogens with zero attached hydrogens (tertiary/aromatic N) is 2. The van der Waals surface area contributed by atoms with E-state index in [4.69, 9.17) is 4.74 Å². The van der Waals surface area contributed by atoms with Gasteiger partial charge in [0.05, 0.1) is 17.2 Å². The van der Waals surface area contributed by atoms with Crippen LogP contribution in [0, 0.1) is 5.82 Å². The quantitative estimate of drug-likeness (QED) is 0.329. The van der Waals surface area contributed by atoms with E-state index in [0.29, 0.717) is 18.8 Å². The molecule has 3 aromatic rings. The number of ether oxygens (including phenoxy) is 1. The summed E-state index contributed by atoms with van der Waals surface area (Å²) >= 11 is 0. The maximum Gasteiger partial charge on any atom is 0.264 e. The molecule has 3 aromatic carbocycles. The van der Waals surface area contributed by atoms with Gasteiger partial charge in [-0.1, -0.05) is 30.3 Å². The minimum absolute atomic E-state index is 0.139. The van der Waals surface area contributed by atoms with Gasteiger partial charge in [0.25, 0.3) is 10.0 Å². The summed E-state index contributed by atoms with van der Waals surface area (Å²) in [7, 11) is -4.28. The lowest BCUT2D eigenvalue weighted by molar-refractivity contribution is -0.139. The van der Waals surface area contributed by atoms with Crippen LogP contribution in [0.25, 0.3) is 0 Å². The number of amides is 2. The molecular weight excluding hydrogens is 533 g/mol. The van der Waals surface area contributed by atoms with E-state index in [1.165, 1.54) is 4.90 Å². The highest BCUT2D eigenvalue weighted by Crippen LogP contribution is 2.26. The van der Waals surface area contributed by atoms with Crippen molar-refractivity contribution < 1.29 is 27.1 Å². The lowest BCUT2D eigenvalue weighted by atomic mass is 10.1. The van der Waals surface area contributed by atoms with Crippen molar-refractivity contribution in [2.24, 2.45) is 0 Å². The normalized spacial score (nSPS) is 12.1. The molecule has 0 aromatic heterocycles. The molecule has 0 saturated carbocycles. The van der Waals surface area contributed by atoms with Crippen LogP contribution < -0.4 is 14.4 Å². The van der Waals surface area contributed by atoms with Gasteiger partial charge in [0.1, 0.15) is 24.2 Å². The summed E-state index contributed by atoms with van der Waals surface area (Å²) in [5.41, 5.74) is 1.20. The van der Waals surface area contributed by atoms with E-state index in [1.54, 1.807) is 31.2 Å². The molecule has 0 aliphatic heterocycles. The predicted octanol–water partition coefficient (Wildman–Crippen LogP) is 4.40. The summed E-state index contributed by atoms with van der Waals surface area (Å²) in [6, 6.07) is 19.2. The lowest BCUT2D eigenvalue weighted by Gasteiger charge is -2.32. The van der Waals surface area contributed by atoms with Crippen LogP contribution in [-0.4, -0.2) is 56.9 Å². The maximum absolute atomic E-state index is 13.8. The Morgan fingerprint density at radius 3 is 2.12 bits per heavy atom. The number of carbonyl (C=O) groups excluding carboxylic acids is 2. The van der Waals surface area contributed by atoms with E-state index in [0.717, 1.165) is 34.1 Å². The van der Waals surface area contributed by atoms with Crippen molar-refractivity contribution in [3.8, 4) is 5.75 Å². The number of anilines is 1. The van der Waals surface area contributed by atoms with E-state index in [-0.39, 0.29) is 29.1 Å². The molecule has 0 aliphatic carbocycles. The molecule has 0 spiro atoms. The first-order valence-corrected chi connectivity index (χ1v) is 14.6. The second-order valence-electron chi connectivity index (χ2n) is 9.55. The molecule has 0 saturated heterocycles. The molecule has 10 heteroatoms. The van der Waals surface area contributed by atoms with E-state index >= 15 is 0 Å². The first-order chi connectivity index (χ1) is 19.0. The van der Waals surface area contributed by atoms with Crippen LogP contribution in [-0.2, 0) is 26.0 Å². The van der Waals surface area contributed by atoms with Crippen LogP contribution in [0.15, 0.2) is 83.8 Å². The third-order valence-electron chi connectivity index (χ3n) is 6.20. The van der Waals surface area contributed by atoms with Crippen molar-refractivity contribution in [2.75, 3.05) is 24.0 Å². The fourth-order valence-corrected chi connectivity index (χ4v) is 5.53. The topological polar surface area (TPSA) is 96.0 Å². The number of benzene rings is 3. The zero-order valence-electron chi connectivity index (χ0n) is 23.2. The highest BCUT2D eigenvalue weighted by atomic mass is 32.2. The number of halogens is 1. The molecule has 3 rings (SSSR count). The van der Waals surface area contributed by atoms with Gasteiger partial charge in [-0.25, -0.2) is 12.8 Å². The van der Waals surface area contributed by atoms with Crippen LogP contribution in [0.2, 0.25) is 0 Å². The Morgan fingerprint density at radius 1 is 0.925 bits per heavy atom. The molecule has 8 nitrogen and oxygen atoms in total. The molecule has 0 aliphatic rings. The van der Waals surface area contributed by atoms with Crippen molar-refractivity contribution in [3.63, 3.8) is 0 Å². The molecule has 0 heterocycles. The highest BCUT2D eigenvalue weighted by molar-refractivity contribution is 7.92. The predicted molar refractivity (Wildman–Crippen MR) is 153 cm³/mol. The highest BCUT2D eigenvalue weighted by Gasteiger charge is 2.32. The van der Waals surface area contributed by atoms with Gasteiger partial charge in [0.2, 0.25) is 11.8 Å². The minimum Gasteiger partial charge on any atom is -0.494 e. The number of sulfonamides is 1. The molecule has 0 fully saturated rings. The van der Waals surface area contributed by atoms with Crippen molar-refractivity contribution in [3.05, 3.63) is 90.2 Å². The first-order valence-electron chi connectivity index (χ1n) is 13.2. The van der Waals surface area contributed by atoms with Gasteiger partial charge in [-0.2, -0.15) is 0 Å². The molecule has 214 valence electrons. The van der Waals surface area contributed by atoms with Gasteiger partial charge in [0.15, 0.2) is 0 Å². The van der Waals surface area contributed by atoms with E-state index in [1.807, 2.05) is 51.1 Å². The van der Waals surface area contributed by atoms with Crippen LogP contribution in [0.3, 0.4) is 0 Å². The Hall–Kier alpha value is -3.92. The summed E-state index contributed by atoms with van der Waals surface area (Å²) < 4.78 is 47.6. The van der Waals surface area contributed by atoms with Gasteiger partial charge >= 0.3 is 0 Å². The van der Waals surface area contributed by atoms with Crippen LogP contribution in [0.4, 0.5) is 10.1 Å². The van der Waals surface area contributed by atoms with E-state index < -0.39 is 34.3 Å². The maximum atomic E-state index is 13.8. The van der Waals surface area contributed by atoms with Gasteiger partial charge in [-0.3, -0.25) is 13.9 Å². The molecule has 1 N–H and O–H groups in total. The largest absolute Gasteiger partial charge is 0.494 e. The Bertz CT molecular complexity index is 1360. The fourth-order valence-electron chi connectivity index (χ4n) is 4.11. The number of nitrogens with one attached hydrogen (secondary N) is 1. The minimum atomic E-state index is -4.28. The Labute approximate surface area is 235 Å². The molecular formula is C30H36FN3O5S. The number of carbonyl (C=O) groups is 2. The first kappa shape index (κ1) is 30.6. The molecule has 0 radical (unpaired) electrons. The van der Waals surface area contributed by atoms with Crippen molar-refractivity contribution in [1.29, 1.82) is 0 Å². The zero-order chi connectivity index (χ0) is 29.3. The average molecular weight is 570 g/mol. The Balaban J connectivity index is 1.98. The number of rotatable bonds is 13. The number of hydrogen-bond donors (Lipinski definition) is 1. The zero-order valence-corrected chi connectivity index (χ0v) is 24.0. The van der Waals surface area contributed by atoms with Crippen LogP contribution in [0.1, 0.15) is 33.3 Å². The van der Waals surface area contributed by atoms with Crippen LogP contribution in [0.5, 0.6) is 5.75 Å². The smallest absolute Gasteiger partial charge is 0.264 e.